The Hall–Kier alpha value is -0.610. The third-order valence-corrected chi connectivity index (χ3v) is 2.37. The first-order chi connectivity index (χ1) is 7.74. The number of hydrogen-bond acceptors (Lipinski definition) is 4. The molecule has 0 amide bonds. The van der Waals surface area contributed by atoms with Gasteiger partial charge in [0.25, 0.3) is 0 Å². The lowest BCUT2D eigenvalue weighted by atomic mass is 10.1. The van der Waals surface area contributed by atoms with Gasteiger partial charge in [-0.2, -0.15) is 0 Å². The molecule has 96 valence electrons. The van der Waals surface area contributed by atoms with Crippen molar-refractivity contribution < 1.29 is 14.3 Å². The highest BCUT2D eigenvalue weighted by molar-refractivity contribution is 5.68. The van der Waals surface area contributed by atoms with Crippen molar-refractivity contribution in [3.05, 3.63) is 0 Å². The van der Waals surface area contributed by atoms with Gasteiger partial charge in [0, 0.05) is 19.6 Å². The van der Waals surface area contributed by atoms with Gasteiger partial charge >= 0.3 is 5.97 Å². The Morgan fingerprint density at radius 2 is 2.12 bits per heavy atom. The van der Waals surface area contributed by atoms with Crippen LogP contribution >= 0.6 is 0 Å². The second kappa shape index (κ2) is 10.9. The van der Waals surface area contributed by atoms with Crippen LogP contribution in [0.5, 0.6) is 0 Å². The molecule has 4 heteroatoms. The van der Waals surface area contributed by atoms with Gasteiger partial charge in [-0.3, -0.25) is 4.79 Å². The average Bonchev–Trinajstić information content (AvgIpc) is 2.30. The van der Waals surface area contributed by atoms with Crippen LogP contribution in [0.2, 0.25) is 0 Å². The maximum absolute atomic E-state index is 10.9. The Morgan fingerprint density at radius 1 is 1.38 bits per heavy atom. The van der Waals surface area contributed by atoms with Gasteiger partial charge in [0.1, 0.15) is 0 Å². The summed E-state index contributed by atoms with van der Waals surface area (Å²) in [6.45, 7) is 3.79. The number of carbonyl (C=O) groups excluding carboxylic acids is 1. The molecule has 1 N–H and O–H groups in total. The monoisotopic (exact) mass is 231 g/mol. The van der Waals surface area contributed by atoms with Crippen LogP contribution in [0.1, 0.15) is 39.0 Å². The van der Waals surface area contributed by atoms with E-state index in [-0.39, 0.29) is 12.1 Å². The van der Waals surface area contributed by atoms with E-state index in [2.05, 4.69) is 17.0 Å². The molecule has 0 aromatic rings. The van der Waals surface area contributed by atoms with E-state index in [0.717, 1.165) is 38.8 Å². The Kier molecular flexibility index (Phi) is 10.5. The van der Waals surface area contributed by atoms with Crippen molar-refractivity contribution >= 4 is 5.97 Å². The summed E-state index contributed by atoms with van der Waals surface area (Å²) in [7, 11) is 3.35. The normalized spacial score (nSPS) is 12.4. The maximum atomic E-state index is 10.9. The molecule has 0 bridgehead atoms. The highest BCUT2D eigenvalue weighted by Gasteiger charge is 2.08. The van der Waals surface area contributed by atoms with Crippen LogP contribution in [0, 0.1) is 0 Å². The van der Waals surface area contributed by atoms with Crippen molar-refractivity contribution in [3.63, 3.8) is 0 Å². The fourth-order valence-electron chi connectivity index (χ4n) is 1.50. The molecule has 0 aliphatic rings. The summed E-state index contributed by atoms with van der Waals surface area (Å²) in [6.07, 6.45) is 4.70. The highest BCUT2D eigenvalue weighted by atomic mass is 16.5. The van der Waals surface area contributed by atoms with E-state index in [0.29, 0.717) is 6.42 Å². The molecule has 0 saturated heterocycles. The van der Waals surface area contributed by atoms with E-state index < -0.39 is 0 Å². The van der Waals surface area contributed by atoms with E-state index in [1.165, 1.54) is 7.11 Å². The summed E-state index contributed by atoms with van der Waals surface area (Å²) in [5.41, 5.74) is 0. The number of rotatable bonds is 10. The van der Waals surface area contributed by atoms with Crippen LogP contribution in [-0.2, 0) is 14.3 Å². The lowest BCUT2D eigenvalue weighted by Crippen LogP contribution is -2.27. The van der Waals surface area contributed by atoms with Gasteiger partial charge in [0.2, 0.25) is 0 Å². The van der Waals surface area contributed by atoms with Crippen molar-refractivity contribution in [2.24, 2.45) is 0 Å². The van der Waals surface area contributed by atoms with E-state index in [1.807, 2.05) is 7.05 Å². The average molecular weight is 231 g/mol. The molecule has 16 heavy (non-hydrogen) atoms. The standard InChI is InChI=1S/C12H25NO3/c1-4-9-16-11(10-13-2)7-5-6-8-12(14)15-3/h11,13H,4-10H2,1-3H3. The third kappa shape index (κ3) is 8.68. The first kappa shape index (κ1) is 15.4. The highest BCUT2D eigenvalue weighted by Crippen LogP contribution is 2.07. The van der Waals surface area contributed by atoms with Gasteiger partial charge in [0.15, 0.2) is 0 Å². The van der Waals surface area contributed by atoms with Crippen molar-refractivity contribution in [1.82, 2.24) is 5.32 Å². The van der Waals surface area contributed by atoms with E-state index >= 15 is 0 Å². The smallest absolute Gasteiger partial charge is 0.305 e. The van der Waals surface area contributed by atoms with Crippen LogP contribution in [0.4, 0.5) is 0 Å². The number of carbonyl (C=O) groups is 1. The summed E-state index contributed by atoms with van der Waals surface area (Å²) in [4.78, 5) is 10.9. The lowest BCUT2D eigenvalue weighted by molar-refractivity contribution is -0.140. The molecule has 0 aliphatic heterocycles. The molecular formula is C12H25NO3. The second-order valence-corrected chi connectivity index (χ2v) is 3.87. The molecule has 0 aromatic carbocycles. The first-order valence-electron chi connectivity index (χ1n) is 6.07. The Bertz CT molecular complexity index is 174. The molecule has 0 heterocycles. The summed E-state index contributed by atoms with van der Waals surface area (Å²) < 4.78 is 10.3. The number of likely N-dealkylation sites (N-methyl/N-ethyl adjacent to an activating group) is 1. The van der Waals surface area contributed by atoms with Crippen LogP contribution in [0.15, 0.2) is 0 Å². The molecule has 4 nitrogen and oxygen atoms in total. The largest absolute Gasteiger partial charge is 0.469 e. The maximum Gasteiger partial charge on any atom is 0.305 e. The zero-order valence-electron chi connectivity index (χ0n) is 10.8. The van der Waals surface area contributed by atoms with Crippen LogP contribution in [0.25, 0.3) is 0 Å². The Labute approximate surface area is 98.7 Å². The minimum atomic E-state index is -0.125. The van der Waals surface area contributed by atoms with Crippen LogP contribution < -0.4 is 5.32 Å². The summed E-state index contributed by atoms with van der Waals surface area (Å²) in [5.74, 6) is -0.125. The quantitative estimate of drug-likeness (QED) is 0.459. The molecule has 0 fully saturated rings. The topological polar surface area (TPSA) is 47.6 Å². The molecule has 0 saturated carbocycles. The molecule has 0 radical (unpaired) electrons. The molecule has 0 spiro atoms. The zero-order valence-corrected chi connectivity index (χ0v) is 10.8. The Balaban J connectivity index is 3.54. The van der Waals surface area contributed by atoms with Gasteiger partial charge in [-0.1, -0.05) is 13.3 Å². The molecule has 1 atom stereocenters. The number of esters is 1. The van der Waals surface area contributed by atoms with Gasteiger partial charge in [-0.05, 0) is 26.3 Å². The SMILES string of the molecule is CCCOC(CCCCC(=O)OC)CNC. The van der Waals surface area contributed by atoms with Crippen molar-refractivity contribution in [1.29, 1.82) is 0 Å². The van der Waals surface area contributed by atoms with Crippen molar-refractivity contribution in [3.8, 4) is 0 Å². The minimum Gasteiger partial charge on any atom is -0.469 e. The molecule has 0 aromatic heterocycles. The minimum absolute atomic E-state index is 0.125. The van der Waals surface area contributed by atoms with E-state index in [9.17, 15) is 4.79 Å². The van der Waals surface area contributed by atoms with Gasteiger partial charge in [-0.15, -0.1) is 0 Å². The molecule has 1 unspecified atom stereocenters. The summed E-state index contributed by atoms with van der Waals surface area (Å²) in [6, 6.07) is 0. The number of methoxy groups -OCH3 is 1. The fraction of sp³-hybridized carbons (Fsp3) is 0.917. The van der Waals surface area contributed by atoms with Crippen molar-refractivity contribution in [2.45, 2.75) is 45.1 Å². The molecular weight excluding hydrogens is 206 g/mol. The van der Waals surface area contributed by atoms with E-state index in [1.54, 1.807) is 0 Å². The second-order valence-electron chi connectivity index (χ2n) is 3.87. The third-order valence-electron chi connectivity index (χ3n) is 2.37. The molecule has 0 rings (SSSR count). The van der Waals surface area contributed by atoms with Crippen LogP contribution in [0.3, 0.4) is 0 Å². The number of nitrogens with one attached hydrogen (secondary N) is 1. The summed E-state index contributed by atoms with van der Waals surface area (Å²) >= 11 is 0. The summed E-state index contributed by atoms with van der Waals surface area (Å²) in [5, 5.41) is 3.12. The number of unbranched alkanes of at least 4 members (excludes halogenated alkanes) is 1. The van der Waals surface area contributed by atoms with Gasteiger partial charge < -0.3 is 14.8 Å². The Morgan fingerprint density at radius 3 is 2.69 bits per heavy atom. The number of hydrogen-bond donors (Lipinski definition) is 1. The van der Waals surface area contributed by atoms with E-state index in [4.69, 9.17) is 4.74 Å². The molecule has 0 aliphatic carbocycles. The number of ether oxygens (including phenoxy) is 2. The van der Waals surface area contributed by atoms with Gasteiger partial charge in [0.05, 0.1) is 13.2 Å². The van der Waals surface area contributed by atoms with Crippen molar-refractivity contribution in [2.75, 3.05) is 27.3 Å². The predicted molar refractivity (Wildman–Crippen MR) is 64.4 cm³/mol. The van der Waals surface area contributed by atoms with Crippen LogP contribution in [-0.4, -0.2) is 39.4 Å². The predicted octanol–water partition coefficient (Wildman–Crippen LogP) is 1.73. The lowest BCUT2D eigenvalue weighted by Gasteiger charge is -2.16. The van der Waals surface area contributed by atoms with Gasteiger partial charge in [-0.25, -0.2) is 0 Å². The first-order valence-corrected chi connectivity index (χ1v) is 6.07. The fourth-order valence-corrected chi connectivity index (χ4v) is 1.50. The zero-order chi connectivity index (χ0) is 12.2.